The van der Waals surface area contributed by atoms with E-state index in [2.05, 4.69) is 126 Å². The van der Waals surface area contributed by atoms with Gasteiger partial charge >= 0.3 is 7.12 Å². The van der Waals surface area contributed by atoms with Gasteiger partial charge in [0.05, 0.1) is 5.60 Å². The predicted octanol–water partition coefficient (Wildman–Crippen LogP) is 6.30. The molecular formula is C32H40BNO3. The van der Waals surface area contributed by atoms with Gasteiger partial charge in [-0.2, -0.15) is 0 Å². The van der Waals surface area contributed by atoms with Crippen LogP contribution >= 0.6 is 0 Å². The van der Waals surface area contributed by atoms with Crippen LogP contribution in [0.15, 0.2) is 78.9 Å². The first-order valence-electron chi connectivity index (χ1n) is 13.4. The number of nitrogens with zero attached hydrogens (tertiary/aromatic N) is 1. The number of hydrogen-bond acceptors (Lipinski definition) is 4. The fraction of sp³-hybridized carbons (Fsp3) is 0.375. The Bertz CT molecular complexity index is 1170. The zero-order valence-electron chi connectivity index (χ0n) is 23.2. The van der Waals surface area contributed by atoms with Crippen LogP contribution in [0, 0.1) is 0 Å². The summed E-state index contributed by atoms with van der Waals surface area (Å²) in [4.78, 5) is 2.12. The molecule has 37 heavy (non-hydrogen) atoms. The SMILES string of the molecule is CC/C(=C(\c1ccc(OCCN(C)C)cc1)c1ccc(B2OC(C)CC(C)(C)O2)cc1)c1ccccc1. The number of hydrogen-bond donors (Lipinski definition) is 0. The lowest BCUT2D eigenvalue weighted by Crippen LogP contribution is -2.51. The third-order valence-electron chi connectivity index (χ3n) is 6.76. The van der Waals surface area contributed by atoms with E-state index in [1.54, 1.807) is 0 Å². The van der Waals surface area contributed by atoms with E-state index in [1.165, 1.54) is 27.8 Å². The van der Waals surface area contributed by atoms with Gasteiger partial charge in [-0.25, -0.2) is 0 Å². The summed E-state index contributed by atoms with van der Waals surface area (Å²) >= 11 is 0. The normalized spacial score (nSPS) is 18.0. The molecular weight excluding hydrogens is 457 g/mol. The maximum atomic E-state index is 6.26. The molecule has 0 bridgehead atoms. The quantitative estimate of drug-likeness (QED) is 0.257. The second-order valence-corrected chi connectivity index (χ2v) is 10.7. The summed E-state index contributed by atoms with van der Waals surface area (Å²) in [6.07, 6.45) is 1.97. The largest absolute Gasteiger partial charge is 0.494 e. The van der Waals surface area contributed by atoms with Crippen molar-refractivity contribution < 1.29 is 14.0 Å². The number of ether oxygens (including phenoxy) is 1. The topological polar surface area (TPSA) is 30.9 Å². The van der Waals surface area contributed by atoms with Crippen molar-refractivity contribution in [1.29, 1.82) is 0 Å². The number of benzene rings is 3. The molecule has 4 nitrogen and oxygen atoms in total. The summed E-state index contributed by atoms with van der Waals surface area (Å²) in [5.41, 5.74) is 6.98. The van der Waals surface area contributed by atoms with Gasteiger partial charge in [0, 0.05) is 12.6 Å². The standard InChI is InChI=1S/C32H40BNO3/c1-7-30(25-11-9-8-10-12-25)31(27-15-19-29(20-16-27)35-22-21-34(5)6)26-13-17-28(18-14-26)33-36-24(2)23-32(3,4)37-33/h8-20,24H,7,21-23H2,1-6H3/b31-30+. The minimum absolute atomic E-state index is 0.159. The van der Waals surface area contributed by atoms with Crippen molar-refractivity contribution >= 4 is 23.7 Å². The molecule has 0 amide bonds. The smallest absolute Gasteiger partial charge is 0.492 e. The average Bonchev–Trinajstić information content (AvgIpc) is 2.87. The first-order chi connectivity index (χ1) is 17.8. The van der Waals surface area contributed by atoms with Crippen molar-refractivity contribution in [3.63, 3.8) is 0 Å². The Morgan fingerprint density at radius 1 is 0.919 bits per heavy atom. The molecule has 1 unspecified atom stereocenters. The van der Waals surface area contributed by atoms with Crippen molar-refractivity contribution in [1.82, 2.24) is 4.90 Å². The van der Waals surface area contributed by atoms with Gasteiger partial charge in [0.25, 0.3) is 0 Å². The van der Waals surface area contributed by atoms with E-state index in [4.69, 9.17) is 14.0 Å². The molecule has 0 N–H and O–H groups in total. The van der Waals surface area contributed by atoms with Crippen molar-refractivity contribution in [3.8, 4) is 5.75 Å². The van der Waals surface area contributed by atoms with Crippen LogP contribution < -0.4 is 10.2 Å². The van der Waals surface area contributed by atoms with Gasteiger partial charge in [0.1, 0.15) is 12.4 Å². The van der Waals surface area contributed by atoms with E-state index in [0.29, 0.717) is 6.61 Å². The Morgan fingerprint density at radius 2 is 1.54 bits per heavy atom. The van der Waals surface area contributed by atoms with Gasteiger partial charge in [-0.15, -0.1) is 0 Å². The van der Waals surface area contributed by atoms with E-state index in [-0.39, 0.29) is 18.8 Å². The summed E-state index contributed by atoms with van der Waals surface area (Å²) < 4.78 is 18.4. The molecule has 1 aliphatic rings. The lowest BCUT2D eigenvalue weighted by Gasteiger charge is -2.38. The van der Waals surface area contributed by atoms with Crippen molar-refractivity contribution in [2.24, 2.45) is 0 Å². The van der Waals surface area contributed by atoms with Gasteiger partial charge in [-0.3, -0.25) is 0 Å². The van der Waals surface area contributed by atoms with Crippen molar-refractivity contribution in [2.75, 3.05) is 27.2 Å². The molecule has 194 valence electrons. The van der Waals surface area contributed by atoms with Crippen molar-refractivity contribution in [3.05, 3.63) is 95.6 Å². The molecule has 4 rings (SSSR count). The first kappa shape index (κ1) is 27.2. The van der Waals surface area contributed by atoms with E-state index in [0.717, 1.165) is 30.6 Å². The number of allylic oxidation sites excluding steroid dienone is 1. The van der Waals surface area contributed by atoms with Crippen LogP contribution in [0.4, 0.5) is 0 Å². The van der Waals surface area contributed by atoms with Crippen LogP contribution in [0.5, 0.6) is 5.75 Å². The zero-order chi connectivity index (χ0) is 26.4. The first-order valence-corrected chi connectivity index (χ1v) is 13.4. The minimum atomic E-state index is -0.349. The molecule has 0 spiro atoms. The van der Waals surface area contributed by atoms with E-state index in [1.807, 2.05) is 0 Å². The minimum Gasteiger partial charge on any atom is -0.492 e. The zero-order valence-corrected chi connectivity index (χ0v) is 23.2. The maximum absolute atomic E-state index is 6.26. The highest BCUT2D eigenvalue weighted by atomic mass is 16.6. The number of rotatable bonds is 9. The summed E-state index contributed by atoms with van der Waals surface area (Å²) in [5, 5.41) is 0. The molecule has 3 aromatic carbocycles. The molecule has 0 aromatic heterocycles. The van der Waals surface area contributed by atoms with Gasteiger partial charge in [0.2, 0.25) is 0 Å². The summed E-state index contributed by atoms with van der Waals surface area (Å²) in [7, 11) is 3.76. The third kappa shape index (κ3) is 7.13. The van der Waals surface area contributed by atoms with E-state index < -0.39 is 0 Å². The van der Waals surface area contributed by atoms with Gasteiger partial charge in [-0.05, 0) is 93.1 Å². The molecule has 1 heterocycles. The number of likely N-dealkylation sites (N-methyl/N-ethyl adjacent to an activating group) is 1. The van der Waals surface area contributed by atoms with E-state index in [9.17, 15) is 0 Å². The molecule has 1 saturated heterocycles. The monoisotopic (exact) mass is 497 g/mol. The van der Waals surface area contributed by atoms with Crippen LogP contribution in [-0.2, 0) is 9.31 Å². The Balaban J connectivity index is 1.69. The van der Waals surface area contributed by atoms with Crippen LogP contribution in [0.3, 0.4) is 0 Å². The van der Waals surface area contributed by atoms with Gasteiger partial charge in [0.15, 0.2) is 0 Å². The molecule has 0 radical (unpaired) electrons. The van der Waals surface area contributed by atoms with Gasteiger partial charge in [-0.1, -0.05) is 73.7 Å². The van der Waals surface area contributed by atoms with E-state index >= 15 is 0 Å². The molecule has 0 aliphatic carbocycles. The predicted molar refractivity (Wildman–Crippen MR) is 155 cm³/mol. The highest BCUT2D eigenvalue weighted by Gasteiger charge is 2.38. The molecule has 5 heteroatoms. The molecule has 3 aromatic rings. The average molecular weight is 497 g/mol. The Kier molecular flexibility index (Phi) is 8.91. The Morgan fingerprint density at radius 3 is 2.11 bits per heavy atom. The van der Waals surface area contributed by atoms with Crippen LogP contribution in [0.25, 0.3) is 11.1 Å². The summed E-state index contributed by atoms with van der Waals surface area (Å²) in [5.74, 6) is 0.890. The van der Waals surface area contributed by atoms with Crippen LogP contribution in [0.1, 0.15) is 57.2 Å². The maximum Gasteiger partial charge on any atom is 0.494 e. The van der Waals surface area contributed by atoms with Crippen molar-refractivity contribution in [2.45, 2.75) is 52.2 Å². The molecule has 1 fully saturated rings. The second kappa shape index (κ2) is 12.1. The molecule has 1 atom stereocenters. The lowest BCUT2D eigenvalue weighted by molar-refractivity contribution is -0.0229. The Hall–Kier alpha value is -2.86. The highest BCUT2D eigenvalue weighted by Crippen LogP contribution is 2.35. The van der Waals surface area contributed by atoms with Gasteiger partial charge < -0.3 is 18.9 Å². The lowest BCUT2D eigenvalue weighted by atomic mass is 9.74. The fourth-order valence-corrected chi connectivity index (χ4v) is 5.01. The summed E-state index contributed by atoms with van der Waals surface area (Å²) in [6.45, 7) is 10.2. The summed E-state index contributed by atoms with van der Waals surface area (Å²) in [6, 6.07) is 27.8. The fourth-order valence-electron chi connectivity index (χ4n) is 5.01. The molecule has 1 aliphatic heterocycles. The van der Waals surface area contributed by atoms with Crippen LogP contribution in [-0.4, -0.2) is 51.0 Å². The third-order valence-corrected chi connectivity index (χ3v) is 6.76. The highest BCUT2D eigenvalue weighted by molar-refractivity contribution is 6.61. The molecule has 0 saturated carbocycles. The second-order valence-electron chi connectivity index (χ2n) is 10.7. The Labute approximate surface area is 223 Å². The van der Waals surface area contributed by atoms with Crippen LogP contribution in [0.2, 0.25) is 0 Å².